The third kappa shape index (κ3) is 3.47. The van der Waals surface area contributed by atoms with Gasteiger partial charge in [0.15, 0.2) is 5.82 Å². The smallest absolute Gasteiger partial charge is 0.316 e. The van der Waals surface area contributed by atoms with Crippen LogP contribution in [0.4, 0.5) is 11.5 Å². The van der Waals surface area contributed by atoms with E-state index in [1.807, 2.05) is 32.0 Å². The summed E-state index contributed by atoms with van der Waals surface area (Å²) in [7, 11) is 0. The van der Waals surface area contributed by atoms with Gasteiger partial charge in [0.2, 0.25) is 0 Å². The Morgan fingerprint density at radius 1 is 1.29 bits per heavy atom. The first-order valence-corrected chi connectivity index (χ1v) is 6.64. The molecule has 1 aromatic carbocycles. The summed E-state index contributed by atoms with van der Waals surface area (Å²) in [5, 5.41) is 6.06. The van der Waals surface area contributed by atoms with Crippen LogP contribution in [0.25, 0.3) is 0 Å². The number of carbonyl (C=O) groups is 2. The molecule has 0 radical (unpaired) electrons. The van der Waals surface area contributed by atoms with E-state index in [9.17, 15) is 9.59 Å². The Bertz CT molecular complexity index is 664. The van der Waals surface area contributed by atoms with E-state index in [1.54, 1.807) is 19.1 Å². The fourth-order valence-electron chi connectivity index (χ4n) is 1.96. The number of aromatic nitrogens is 1. The Kier molecular flexibility index (Phi) is 4.37. The highest BCUT2D eigenvalue weighted by Gasteiger charge is 2.23. The SMILES string of the molecule is CCN(C(=O)C(=O)Nc1cc(C)on1)c1cccc(C)c1. The standard InChI is InChI=1S/C15H17N3O3/c1-4-18(12-7-5-6-10(2)8-12)15(20)14(19)16-13-9-11(3)21-17-13/h5-9H,4H2,1-3H3,(H,16,17,19). The van der Waals surface area contributed by atoms with Crippen molar-refractivity contribution in [1.29, 1.82) is 0 Å². The van der Waals surface area contributed by atoms with Gasteiger partial charge in [-0.3, -0.25) is 14.9 Å². The molecule has 0 saturated carbocycles. The quantitative estimate of drug-likeness (QED) is 0.879. The number of hydrogen-bond donors (Lipinski definition) is 1. The van der Waals surface area contributed by atoms with Gasteiger partial charge in [-0.2, -0.15) is 0 Å². The number of nitrogens with one attached hydrogen (secondary N) is 1. The van der Waals surface area contributed by atoms with Crippen LogP contribution in [0.3, 0.4) is 0 Å². The van der Waals surface area contributed by atoms with Gasteiger partial charge in [0, 0.05) is 18.3 Å². The topological polar surface area (TPSA) is 75.4 Å². The summed E-state index contributed by atoms with van der Waals surface area (Å²) in [5.74, 6) is -0.592. The fraction of sp³-hybridized carbons (Fsp3) is 0.267. The summed E-state index contributed by atoms with van der Waals surface area (Å²) in [6.45, 7) is 5.84. The van der Waals surface area contributed by atoms with Crippen molar-refractivity contribution in [2.24, 2.45) is 0 Å². The number of aryl methyl sites for hydroxylation is 2. The molecule has 2 amide bonds. The molecule has 0 unspecified atom stereocenters. The van der Waals surface area contributed by atoms with Crippen LogP contribution in [-0.2, 0) is 9.59 Å². The maximum atomic E-state index is 12.3. The highest BCUT2D eigenvalue weighted by molar-refractivity contribution is 6.44. The fourth-order valence-corrected chi connectivity index (χ4v) is 1.96. The number of likely N-dealkylation sites (N-methyl/N-ethyl adjacent to an activating group) is 1. The molecule has 2 aromatic rings. The highest BCUT2D eigenvalue weighted by Crippen LogP contribution is 2.16. The highest BCUT2D eigenvalue weighted by atomic mass is 16.5. The van der Waals surface area contributed by atoms with Crippen LogP contribution in [0.15, 0.2) is 34.9 Å². The van der Waals surface area contributed by atoms with Gasteiger partial charge in [-0.25, -0.2) is 0 Å². The minimum Gasteiger partial charge on any atom is -0.360 e. The van der Waals surface area contributed by atoms with Crippen molar-refractivity contribution >= 4 is 23.3 Å². The van der Waals surface area contributed by atoms with E-state index in [2.05, 4.69) is 10.5 Å². The molecule has 6 nitrogen and oxygen atoms in total. The van der Waals surface area contributed by atoms with Crippen molar-refractivity contribution in [3.8, 4) is 0 Å². The second-order valence-corrected chi connectivity index (χ2v) is 4.67. The van der Waals surface area contributed by atoms with Gasteiger partial charge >= 0.3 is 11.8 Å². The molecule has 0 aliphatic rings. The summed E-state index contributed by atoms with van der Waals surface area (Å²) >= 11 is 0. The Hall–Kier alpha value is -2.63. The van der Waals surface area contributed by atoms with E-state index < -0.39 is 11.8 Å². The maximum absolute atomic E-state index is 12.3. The Morgan fingerprint density at radius 3 is 2.62 bits per heavy atom. The largest absolute Gasteiger partial charge is 0.360 e. The van der Waals surface area contributed by atoms with Gasteiger partial charge in [0.05, 0.1) is 0 Å². The van der Waals surface area contributed by atoms with Gasteiger partial charge in [-0.15, -0.1) is 0 Å². The van der Waals surface area contributed by atoms with Gasteiger partial charge < -0.3 is 9.42 Å². The third-order valence-corrected chi connectivity index (χ3v) is 2.94. The van der Waals surface area contributed by atoms with Crippen LogP contribution in [-0.4, -0.2) is 23.5 Å². The Balaban J connectivity index is 2.14. The Morgan fingerprint density at radius 2 is 2.05 bits per heavy atom. The first-order valence-electron chi connectivity index (χ1n) is 6.64. The van der Waals surface area contributed by atoms with Crippen LogP contribution < -0.4 is 10.2 Å². The van der Waals surface area contributed by atoms with Gasteiger partial charge in [0.25, 0.3) is 0 Å². The number of hydrogen-bond acceptors (Lipinski definition) is 4. The van der Waals surface area contributed by atoms with Crippen molar-refractivity contribution < 1.29 is 14.1 Å². The van der Waals surface area contributed by atoms with Crippen molar-refractivity contribution in [2.45, 2.75) is 20.8 Å². The average Bonchev–Trinajstić information content (AvgIpc) is 2.85. The van der Waals surface area contributed by atoms with Crippen molar-refractivity contribution in [1.82, 2.24) is 5.16 Å². The van der Waals surface area contributed by atoms with Gasteiger partial charge in [0.1, 0.15) is 5.76 Å². The molecule has 1 aromatic heterocycles. The first kappa shape index (κ1) is 14.8. The molecule has 1 N–H and O–H groups in total. The number of rotatable bonds is 3. The number of benzene rings is 1. The minimum atomic E-state index is -0.744. The van der Waals surface area contributed by atoms with Gasteiger partial charge in [-0.1, -0.05) is 17.3 Å². The minimum absolute atomic E-state index is 0.228. The predicted molar refractivity (Wildman–Crippen MR) is 79.1 cm³/mol. The van der Waals surface area contributed by atoms with E-state index >= 15 is 0 Å². The first-order chi connectivity index (χ1) is 10.0. The molecule has 0 bridgehead atoms. The maximum Gasteiger partial charge on any atom is 0.316 e. The molecule has 0 spiro atoms. The zero-order valence-corrected chi connectivity index (χ0v) is 12.2. The lowest BCUT2D eigenvalue weighted by Gasteiger charge is -2.20. The summed E-state index contributed by atoms with van der Waals surface area (Å²) in [4.78, 5) is 25.7. The van der Waals surface area contributed by atoms with Crippen LogP contribution in [0.2, 0.25) is 0 Å². The third-order valence-electron chi connectivity index (χ3n) is 2.94. The van der Waals surface area contributed by atoms with Crippen LogP contribution in [0, 0.1) is 13.8 Å². The molecular weight excluding hydrogens is 270 g/mol. The van der Waals surface area contributed by atoms with E-state index in [4.69, 9.17) is 4.52 Å². The number of nitrogens with zero attached hydrogens (tertiary/aromatic N) is 2. The van der Waals surface area contributed by atoms with Crippen LogP contribution >= 0.6 is 0 Å². The summed E-state index contributed by atoms with van der Waals surface area (Å²) in [5.41, 5.74) is 1.71. The van der Waals surface area contributed by atoms with E-state index in [0.717, 1.165) is 5.56 Å². The lowest BCUT2D eigenvalue weighted by molar-refractivity contribution is -0.134. The molecule has 0 saturated heterocycles. The molecule has 1 heterocycles. The van der Waals surface area contributed by atoms with E-state index in [-0.39, 0.29) is 5.82 Å². The number of carbonyl (C=O) groups excluding carboxylic acids is 2. The number of anilines is 2. The molecule has 110 valence electrons. The average molecular weight is 287 g/mol. The summed E-state index contributed by atoms with van der Waals surface area (Å²) in [6.07, 6.45) is 0. The lowest BCUT2D eigenvalue weighted by atomic mass is 10.2. The molecule has 2 rings (SSSR count). The van der Waals surface area contributed by atoms with E-state index in [0.29, 0.717) is 18.0 Å². The zero-order valence-electron chi connectivity index (χ0n) is 12.2. The lowest BCUT2D eigenvalue weighted by Crippen LogP contribution is -2.39. The second-order valence-electron chi connectivity index (χ2n) is 4.67. The van der Waals surface area contributed by atoms with Crippen LogP contribution in [0.5, 0.6) is 0 Å². The summed E-state index contributed by atoms with van der Waals surface area (Å²) in [6, 6.07) is 8.98. The Labute approximate surface area is 122 Å². The molecule has 0 atom stereocenters. The molecule has 0 aliphatic heterocycles. The predicted octanol–water partition coefficient (Wildman–Crippen LogP) is 2.28. The van der Waals surface area contributed by atoms with Crippen LogP contribution in [0.1, 0.15) is 18.2 Å². The zero-order chi connectivity index (χ0) is 15.4. The number of amides is 2. The molecule has 0 fully saturated rings. The van der Waals surface area contributed by atoms with E-state index in [1.165, 1.54) is 4.90 Å². The molecule has 21 heavy (non-hydrogen) atoms. The second kappa shape index (κ2) is 6.21. The molecular formula is C15H17N3O3. The monoisotopic (exact) mass is 287 g/mol. The van der Waals surface area contributed by atoms with Crippen molar-refractivity contribution in [3.63, 3.8) is 0 Å². The van der Waals surface area contributed by atoms with Gasteiger partial charge in [-0.05, 0) is 38.5 Å². The normalized spacial score (nSPS) is 10.2. The van der Waals surface area contributed by atoms with Crippen molar-refractivity contribution in [2.75, 3.05) is 16.8 Å². The van der Waals surface area contributed by atoms with Crippen molar-refractivity contribution in [3.05, 3.63) is 41.7 Å². The molecule has 6 heteroatoms. The summed E-state index contributed by atoms with van der Waals surface area (Å²) < 4.78 is 4.84. The molecule has 0 aliphatic carbocycles.